The minimum Gasteiger partial charge on any atom is -0.492 e. The predicted octanol–water partition coefficient (Wildman–Crippen LogP) is 6.43. The van der Waals surface area contributed by atoms with Crippen LogP contribution in [0.3, 0.4) is 0 Å². The fourth-order valence-corrected chi connectivity index (χ4v) is 4.67. The Kier molecular flexibility index (Phi) is 8.76. The molecule has 10 heteroatoms. The lowest BCUT2D eigenvalue weighted by Crippen LogP contribution is -2.32. The summed E-state index contributed by atoms with van der Waals surface area (Å²) in [7, 11) is 0. The Morgan fingerprint density at radius 2 is 1.84 bits per heavy atom. The summed E-state index contributed by atoms with van der Waals surface area (Å²) in [6, 6.07) is 19.2. The van der Waals surface area contributed by atoms with Crippen molar-refractivity contribution in [2.75, 3.05) is 25.1 Å². The van der Waals surface area contributed by atoms with Crippen LogP contribution in [0.5, 0.6) is 11.5 Å². The quantitative estimate of drug-likeness (QED) is 0.305. The average Bonchev–Trinajstić information content (AvgIpc) is 3.12. The molecule has 1 N–H and O–H groups in total. The van der Waals surface area contributed by atoms with E-state index in [0.29, 0.717) is 32.8 Å². The van der Waals surface area contributed by atoms with E-state index in [1.807, 2.05) is 31.2 Å². The lowest BCUT2D eigenvalue weighted by Gasteiger charge is -2.13. The largest absolute Gasteiger partial charge is 0.492 e. The van der Waals surface area contributed by atoms with Gasteiger partial charge in [0, 0.05) is 10.6 Å². The van der Waals surface area contributed by atoms with Gasteiger partial charge in [-0.3, -0.25) is 19.3 Å². The first-order chi connectivity index (χ1) is 17.8. The molecule has 0 aliphatic carbocycles. The standard InChI is InChI=1S/C27H22Cl2N2O5S/c1-17-5-4-6-20(13-17)35-12-11-31-26(33)24(37-27(31)34)15-18-14-19(28)9-10-23(18)36-16-25(32)30-22-8-3-2-7-21(22)29/h2-10,13-15H,11-12,16H2,1H3,(H,30,32)/b24-15-. The monoisotopic (exact) mass is 556 g/mol. The summed E-state index contributed by atoms with van der Waals surface area (Å²) >= 11 is 13.1. The van der Waals surface area contributed by atoms with Crippen molar-refractivity contribution in [2.45, 2.75) is 6.92 Å². The molecule has 1 aliphatic heterocycles. The number of para-hydroxylation sites is 1. The molecule has 3 amide bonds. The predicted molar refractivity (Wildman–Crippen MR) is 146 cm³/mol. The molecule has 0 radical (unpaired) electrons. The highest BCUT2D eigenvalue weighted by Crippen LogP contribution is 2.35. The number of ether oxygens (including phenoxy) is 2. The number of nitrogens with zero attached hydrogens (tertiary/aromatic N) is 1. The van der Waals surface area contributed by atoms with E-state index in [-0.39, 0.29) is 24.7 Å². The summed E-state index contributed by atoms with van der Waals surface area (Å²) in [6.07, 6.45) is 1.53. The number of amides is 3. The van der Waals surface area contributed by atoms with E-state index >= 15 is 0 Å². The lowest BCUT2D eigenvalue weighted by atomic mass is 10.2. The van der Waals surface area contributed by atoms with Crippen molar-refractivity contribution >= 4 is 63.8 Å². The molecule has 4 rings (SSSR count). The van der Waals surface area contributed by atoms with Crippen molar-refractivity contribution in [3.8, 4) is 11.5 Å². The number of rotatable bonds is 9. The van der Waals surface area contributed by atoms with Crippen molar-refractivity contribution in [3.63, 3.8) is 0 Å². The van der Waals surface area contributed by atoms with Crippen LogP contribution in [0.25, 0.3) is 6.08 Å². The van der Waals surface area contributed by atoms with Gasteiger partial charge >= 0.3 is 0 Å². The molecule has 1 saturated heterocycles. The van der Waals surface area contributed by atoms with E-state index in [1.165, 1.54) is 6.08 Å². The number of hydrogen-bond acceptors (Lipinski definition) is 6. The van der Waals surface area contributed by atoms with Gasteiger partial charge < -0.3 is 14.8 Å². The molecule has 0 unspecified atom stereocenters. The molecule has 7 nitrogen and oxygen atoms in total. The molecule has 0 spiro atoms. The summed E-state index contributed by atoms with van der Waals surface area (Å²) in [5.41, 5.74) is 1.97. The van der Waals surface area contributed by atoms with Crippen LogP contribution in [0, 0.1) is 6.92 Å². The maximum Gasteiger partial charge on any atom is 0.293 e. The van der Waals surface area contributed by atoms with Gasteiger partial charge in [0.05, 0.1) is 22.2 Å². The van der Waals surface area contributed by atoms with Crippen LogP contribution in [-0.2, 0) is 9.59 Å². The molecule has 0 saturated carbocycles. The first-order valence-electron chi connectivity index (χ1n) is 11.2. The second-order valence-electron chi connectivity index (χ2n) is 8.00. The molecule has 0 bridgehead atoms. The fourth-order valence-electron chi connectivity index (χ4n) is 3.45. The highest BCUT2D eigenvalue weighted by molar-refractivity contribution is 8.18. The zero-order valence-corrected chi connectivity index (χ0v) is 22.0. The Labute approximate surface area is 228 Å². The third-order valence-corrected chi connectivity index (χ3v) is 6.68. The molecule has 3 aromatic rings. The number of carbonyl (C=O) groups excluding carboxylic acids is 3. The maximum absolute atomic E-state index is 12.9. The number of anilines is 1. The Bertz CT molecular complexity index is 1380. The van der Waals surface area contributed by atoms with Gasteiger partial charge in [-0.05, 0) is 72.8 Å². The van der Waals surface area contributed by atoms with Crippen molar-refractivity contribution in [1.82, 2.24) is 4.90 Å². The maximum atomic E-state index is 12.9. The fraction of sp³-hybridized carbons (Fsp3) is 0.148. The summed E-state index contributed by atoms with van der Waals surface area (Å²) in [5, 5.41) is 3.10. The van der Waals surface area contributed by atoms with Gasteiger partial charge in [0.2, 0.25) is 0 Å². The van der Waals surface area contributed by atoms with Crippen LogP contribution < -0.4 is 14.8 Å². The van der Waals surface area contributed by atoms with Crippen LogP contribution in [-0.4, -0.2) is 41.7 Å². The van der Waals surface area contributed by atoms with Gasteiger partial charge in [0.25, 0.3) is 17.1 Å². The van der Waals surface area contributed by atoms with Crippen LogP contribution >= 0.6 is 35.0 Å². The molecule has 1 heterocycles. The molecule has 3 aromatic carbocycles. The highest BCUT2D eigenvalue weighted by Gasteiger charge is 2.35. The zero-order valence-electron chi connectivity index (χ0n) is 19.7. The number of carbonyl (C=O) groups is 3. The summed E-state index contributed by atoms with van der Waals surface area (Å²) in [5.74, 6) is 0.142. The molecule has 37 heavy (non-hydrogen) atoms. The van der Waals surface area contributed by atoms with Crippen LogP contribution in [0.2, 0.25) is 10.0 Å². The van der Waals surface area contributed by atoms with Crippen molar-refractivity contribution < 1.29 is 23.9 Å². The molecule has 1 aliphatic rings. The Morgan fingerprint density at radius 3 is 2.62 bits per heavy atom. The van der Waals surface area contributed by atoms with E-state index in [9.17, 15) is 14.4 Å². The SMILES string of the molecule is Cc1cccc(OCCN2C(=O)S/C(=C\c3cc(Cl)ccc3OCC(=O)Nc3ccccc3Cl)C2=O)c1. The van der Waals surface area contributed by atoms with Crippen molar-refractivity contribution in [2.24, 2.45) is 0 Å². The van der Waals surface area contributed by atoms with Gasteiger partial charge in [0.15, 0.2) is 6.61 Å². The number of hydrogen-bond donors (Lipinski definition) is 1. The molecule has 0 aromatic heterocycles. The number of thioether (sulfide) groups is 1. The zero-order chi connectivity index (χ0) is 26.4. The topological polar surface area (TPSA) is 84.9 Å². The van der Waals surface area contributed by atoms with Crippen LogP contribution in [0.4, 0.5) is 10.5 Å². The normalized spacial score (nSPS) is 14.2. The summed E-state index contributed by atoms with van der Waals surface area (Å²) in [6.45, 7) is 1.93. The van der Waals surface area contributed by atoms with Crippen molar-refractivity contribution in [1.29, 1.82) is 0 Å². The summed E-state index contributed by atoms with van der Waals surface area (Å²) < 4.78 is 11.4. The first kappa shape index (κ1) is 26.6. The number of nitrogens with one attached hydrogen (secondary N) is 1. The van der Waals surface area contributed by atoms with E-state index in [0.717, 1.165) is 22.2 Å². The number of benzene rings is 3. The summed E-state index contributed by atoms with van der Waals surface area (Å²) in [4.78, 5) is 39.1. The third-order valence-electron chi connectivity index (χ3n) is 5.21. The van der Waals surface area contributed by atoms with E-state index in [1.54, 1.807) is 42.5 Å². The van der Waals surface area contributed by atoms with Crippen LogP contribution in [0.15, 0.2) is 71.6 Å². The van der Waals surface area contributed by atoms with Gasteiger partial charge in [-0.25, -0.2) is 0 Å². The second kappa shape index (κ2) is 12.2. The number of aryl methyl sites for hydroxylation is 1. The minimum atomic E-state index is -0.440. The number of imide groups is 1. The van der Waals surface area contributed by atoms with Gasteiger partial charge in [-0.2, -0.15) is 0 Å². The molecule has 190 valence electrons. The lowest BCUT2D eigenvalue weighted by molar-refractivity contribution is -0.123. The third kappa shape index (κ3) is 7.07. The Morgan fingerprint density at radius 1 is 1.03 bits per heavy atom. The van der Waals surface area contributed by atoms with Crippen molar-refractivity contribution in [3.05, 3.63) is 92.8 Å². The number of halogens is 2. The van der Waals surface area contributed by atoms with Gasteiger partial charge in [-0.15, -0.1) is 0 Å². The second-order valence-corrected chi connectivity index (χ2v) is 9.83. The van der Waals surface area contributed by atoms with E-state index < -0.39 is 17.1 Å². The molecule has 1 fully saturated rings. The minimum absolute atomic E-state index is 0.108. The molecular formula is C27H22Cl2N2O5S. The Balaban J connectivity index is 1.41. The van der Waals surface area contributed by atoms with E-state index in [2.05, 4.69) is 5.32 Å². The van der Waals surface area contributed by atoms with Gasteiger partial charge in [-0.1, -0.05) is 47.5 Å². The van der Waals surface area contributed by atoms with E-state index in [4.69, 9.17) is 32.7 Å². The average molecular weight is 557 g/mol. The first-order valence-corrected chi connectivity index (χ1v) is 12.8. The molecular weight excluding hydrogens is 535 g/mol. The molecule has 0 atom stereocenters. The smallest absolute Gasteiger partial charge is 0.293 e. The van der Waals surface area contributed by atoms with Crippen LogP contribution in [0.1, 0.15) is 11.1 Å². The Hall–Kier alpha value is -3.46. The van der Waals surface area contributed by atoms with Gasteiger partial charge in [0.1, 0.15) is 18.1 Å². The highest BCUT2D eigenvalue weighted by atomic mass is 35.5.